The van der Waals surface area contributed by atoms with Gasteiger partial charge in [0, 0.05) is 13.1 Å². The number of likely N-dealkylation sites (N-methyl/N-ethyl adjacent to an activating group) is 1. The average Bonchev–Trinajstić information content (AvgIpc) is 3.19. The number of nitrogens with zero attached hydrogens (tertiary/aromatic N) is 2. The molecule has 1 heterocycles. The lowest BCUT2D eigenvalue weighted by Gasteiger charge is -2.27. The van der Waals surface area contributed by atoms with Gasteiger partial charge in [-0.3, -0.25) is 0 Å². The largest absolute Gasteiger partial charge is 0.493 e. The van der Waals surface area contributed by atoms with E-state index < -0.39 is 5.60 Å². The van der Waals surface area contributed by atoms with Gasteiger partial charge in [-0.2, -0.15) is 0 Å². The second kappa shape index (κ2) is 12.9. The number of aryl methyl sites for hydroxylation is 1. The van der Waals surface area contributed by atoms with E-state index in [0.717, 1.165) is 11.3 Å². The topological polar surface area (TPSA) is 91.5 Å². The summed E-state index contributed by atoms with van der Waals surface area (Å²) >= 11 is 0. The maximum atomic E-state index is 10.8. The average molecular weight is 560 g/mol. The Balaban J connectivity index is 0.00000512. The molecule has 0 saturated carbocycles. The molecule has 0 bridgehead atoms. The lowest BCUT2D eigenvalue weighted by atomic mass is 10.0. The number of furan rings is 1. The van der Waals surface area contributed by atoms with Crippen molar-refractivity contribution < 1.29 is 19.0 Å². The molecule has 1 aromatic carbocycles. The molecule has 0 aliphatic heterocycles. The third-order valence-corrected chi connectivity index (χ3v) is 5.04. The van der Waals surface area contributed by atoms with Gasteiger partial charge in [0.1, 0.15) is 17.1 Å². The molecule has 0 fully saturated rings. The predicted octanol–water partition coefficient (Wildman–Crippen LogP) is 3.29. The molecular weight excluding hydrogens is 523 g/mol. The van der Waals surface area contributed by atoms with Gasteiger partial charge >= 0.3 is 0 Å². The third kappa shape index (κ3) is 7.56. The van der Waals surface area contributed by atoms with Crippen LogP contribution < -0.4 is 20.1 Å². The van der Waals surface area contributed by atoms with Crippen LogP contribution in [-0.2, 0) is 5.60 Å². The highest BCUT2D eigenvalue weighted by atomic mass is 127. The molecule has 0 saturated heterocycles. The smallest absolute Gasteiger partial charge is 0.191 e. The van der Waals surface area contributed by atoms with Gasteiger partial charge in [0.25, 0.3) is 0 Å². The molecule has 2 unspecified atom stereocenters. The van der Waals surface area contributed by atoms with Crippen LogP contribution in [0.2, 0.25) is 0 Å². The van der Waals surface area contributed by atoms with Crippen molar-refractivity contribution in [3.63, 3.8) is 0 Å². The molecule has 0 amide bonds. The van der Waals surface area contributed by atoms with Crippen LogP contribution in [0.1, 0.15) is 37.0 Å². The molecule has 2 atom stereocenters. The molecule has 180 valence electrons. The van der Waals surface area contributed by atoms with E-state index in [1.165, 1.54) is 0 Å². The zero-order chi connectivity index (χ0) is 23.0. The number of nitrogens with one attached hydrogen (secondary N) is 2. The first-order chi connectivity index (χ1) is 14.7. The highest BCUT2D eigenvalue weighted by Gasteiger charge is 2.27. The van der Waals surface area contributed by atoms with Crippen molar-refractivity contribution in [2.45, 2.75) is 32.4 Å². The number of benzene rings is 1. The summed E-state index contributed by atoms with van der Waals surface area (Å²) in [4.78, 5) is 6.70. The second-order valence-corrected chi connectivity index (χ2v) is 7.85. The van der Waals surface area contributed by atoms with Crippen LogP contribution in [0.5, 0.6) is 11.5 Å². The van der Waals surface area contributed by atoms with Gasteiger partial charge in [0.2, 0.25) is 0 Å². The fraction of sp³-hybridized carbons (Fsp3) is 0.522. The van der Waals surface area contributed by atoms with E-state index in [0.29, 0.717) is 36.3 Å². The highest BCUT2D eigenvalue weighted by molar-refractivity contribution is 14.0. The molecule has 0 aliphatic rings. The lowest BCUT2D eigenvalue weighted by Crippen LogP contribution is -2.42. The minimum absolute atomic E-state index is 0. The lowest BCUT2D eigenvalue weighted by molar-refractivity contribution is 0.0428. The first-order valence-electron chi connectivity index (χ1n) is 10.4. The minimum Gasteiger partial charge on any atom is -0.493 e. The van der Waals surface area contributed by atoms with Gasteiger partial charge in [-0.25, -0.2) is 4.99 Å². The van der Waals surface area contributed by atoms with Crippen molar-refractivity contribution in [1.29, 1.82) is 0 Å². The van der Waals surface area contributed by atoms with Crippen LogP contribution in [0, 0.1) is 6.92 Å². The highest BCUT2D eigenvalue weighted by Crippen LogP contribution is 2.31. The Morgan fingerprint density at radius 3 is 2.38 bits per heavy atom. The number of rotatable bonds is 10. The van der Waals surface area contributed by atoms with Crippen LogP contribution >= 0.6 is 24.0 Å². The number of ether oxygens (including phenoxy) is 2. The van der Waals surface area contributed by atoms with E-state index in [1.54, 1.807) is 27.2 Å². The van der Waals surface area contributed by atoms with E-state index in [9.17, 15) is 5.11 Å². The zero-order valence-electron chi connectivity index (χ0n) is 20.1. The molecule has 8 nitrogen and oxygen atoms in total. The monoisotopic (exact) mass is 560 g/mol. The van der Waals surface area contributed by atoms with Crippen LogP contribution in [0.3, 0.4) is 0 Å². The fourth-order valence-corrected chi connectivity index (χ4v) is 3.23. The summed E-state index contributed by atoms with van der Waals surface area (Å²) in [5.41, 5.74) is -0.106. The first kappa shape index (κ1) is 28.1. The van der Waals surface area contributed by atoms with Crippen molar-refractivity contribution in [1.82, 2.24) is 15.5 Å². The quantitative estimate of drug-likeness (QED) is 0.234. The molecule has 9 heteroatoms. The number of aliphatic imine (C=N–C) groups is 1. The predicted molar refractivity (Wildman–Crippen MR) is 138 cm³/mol. The van der Waals surface area contributed by atoms with Gasteiger partial charge in [0.15, 0.2) is 17.5 Å². The van der Waals surface area contributed by atoms with Crippen LogP contribution in [0.4, 0.5) is 0 Å². The zero-order valence-corrected chi connectivity index (χ0v) is 22.4. The van der Waals surface area contributed by atoms with Crippen molar-refractivity contribution in [2.24, 2.45) is 4.99 Å². The van der Waals surface area contributed by atoms with Crippen molar-refractivity contribution in [3.8, 4) is 11.5 Å². The molecule has 3 N–H and O–H groups in total. The van der Waals surface area contributed by atoms with Gasteiger partial charge in [-0.1, -0.05) is 6.07 Å². The SMILES string of the molecule is CCNC(=NCC(C)(O)c1ccc(C)o1)NCC(c1ccc(OC)c(OC)c1)N(C)C.I. The fourth-order valence-electron chi connectivity index (χ4n) is 3.23. The number of guanidine groups is 1. The summed E-state index contributed by atoms with van der Waals surface area (Å²) in [6, 6.07) is 9.61. The summed E-state index contributed by atoms with van der Waals surface area (Å²) in [5, 5.41) is 17.4. The molecule has 0 radical (unpaired) electrons. The van der Waals surface area contributed by atoms with E-state index in [1.807, 2.05) is 52.2 Å². The number of halogens is 1. The third-order valence-electron chi connectivity index (χ3n) is 5.04. The summed E-state index contributed by atoms with van der Waals surface area (Å²) in [7, 11) is 7.31. The molecular formula is C23H37IN4O4. The summed E-state index contributed by atoms with van der Waals surface area (Å²) in [6.45, 7) is 7.03. The Hall–Kier alpha value is -1.98. The van der Waals surface area contributed by atoms with Crippen molar-refractivity contribution >= 4 is 29.9 Å². The van der Waals surface area contributed by atoms with Gasteiger partial charge in [-0.15, -0.1) is 24.0 Å². The maximum Gasteiger partial charge on any atom is 0.191 e. The number of aliphatic hydroxyl groups is 1. The van der Waals surface area contributed by atoms with Gasteiger partial charge < -0.3 is 34.5 Å². The Labute approximate surface area is 208 Å². The molecule has 0 spiro atoms. The molecule has 2 aromatic rings. The Morgan fingerprint density at radius 1 is 1.16 bits per heavy atom. The molecule has 0 aliphatic carbocycles. The number of methoxy groups -OCH3 is 2. The van der Waals surface area contributed by atoms with Gasteiger partial charge in [0.05, 0.1) is 26.8 Å². The second-order valence-electron chi connectivity index (χ2n) is 7.85. The summed E-state index contributed by atoms with van der Waals surface area (Å²) in [5.74, 6) is 3.27. The number of hydrogen-bond donors (Lipinski definition) is 3. The van der Waals surface area contributed by atoms with E-state index in [-0.39, 0.29) is 36.6 Å². The Kier molecular flexibility index (Phi) is 11.3. The standard InChI is InChI=1S/C23H36N4O4.HI/c1-8-24-22(26-15-23(3,28)21-12-9-16(2)31-21)25-14-18(27(4)5)17-10-11-19(29-6)20(13-17)30-7;/h9-13,18,28H,8,14-15H2,1-7H3,(H2,24,25,26);1H. The first-order valence-corrected chi connectivity index (χ1v) is 10.4. The minimum atomic E-state index is -1.19. The van der Waals surface area contributed by atoms with E-state index >= 15 is 0 Å². The number of hydrogen-bond acceptors (Lipinski definition) is 6. The maximum absolute atomic E-state index is 10.8. The Bertz CT molecular complexity index is 867. The van der Waals surface area contributed by atoms with Crippen LogP contribution in [0.25, 0.3) is 0 Å². The Morgan fingerprint density at radius 2 is 1.84 bits per heavy atom. The molecule has 32 heavy (non-hydrogen) atoms. The summed E-state index contributed by atoms with van der Waals surface area (Å²) in [6.07, 6.45) is 0. The van der Waals surface area contributed by atoms with Crippen molar-refractivity contribution in [3.05, 3.63) is 47.4 Å². The van der Waals surface area contributed by atoms with Gasteiger partial charge in [-0.05, 0) is 64.7 Å². The molecule has 1 aromatic heterocycles. The van der Waals surface area contributed by atoms with Crippen molar-refractivity contribution in [2.75, 3.05) is 47.9 Å². The summed E-state index contributed by atoms with van der Waals surface area (Å²) < 4.78 is 16.4. The van der Waals surface area contributed by atoms with E-state index in [4.69, 9.17) is 13.9 Å². The normalized spacial score (nSPS) is 14.3. The molecule has 2 rings (SSSR count). The van der Waals surface area contributed by atoms with E-state index in [2.05, 4.69) is 20.5 Å². The van der Waals surface area contributed by atoms with Crippen LogP contribution in [-0.4, -0.2) is 63.9 Å². The van der Waals surface area contributed by atoms with Crippen LogP contribution in [0.15, 0.2) is 39.7 Å².